The molecule has 2 rings (SSSR count). The molecule has 0 atom stereocenters. The zero-order valence-electron chi connectivity index (χ0n) is 8.80. The molecule has 0 spiro atoms. The van der Waals surface area contributed by atoms with E-state index >= 15 is 0 Å². The van der Waals surface area contributed by atoms with Crippen LogP contribution < -0.4 is 5.32 Å². The molecule has 2 aromatic rings. The second-order valence-electron chi connectivity index (χ2n) is 3.46. The summed E-state index contributed by atoms with van der Waals surface area (Å²) in [5.74, 6) is 0. The van der Waals surface area contributed by atoms with Gasteiger partial charge in [-0.2, -0.15) is 10.4 Å². The highest BCUT2D eigenvalue weighted by atomic mass is 15.3. The van der Waals surface area contributed by atoms with Crippen LogP contribution in [0.25, 0.3) is 0 Å². The highest BCUT2D eigenvalue weighted by Gasteiger charge is 1.97. The first-order chi connectivity index (χ1) is 7.88. The van der Waals surface area contributed by atoms with E-state index in [2.05, 4.69) is 22.5 Å². The molecule has 1 aromatic carbocycles. The van der Waals surface area contributed by atoms with Gasteiger partial charge in [-0.05, 0) is 12.0 Å². The molecule has 4 heteroatoms. The zero-order valence-corrected chi connectivity index (χ0v) is 8.80. The molecule has 0 aliphatic rings. The van der Waals surface area contributed by atoms with Gasteiger partial charge < -0.3 is 0 Å². The van der Waals surface area contributed by atoms with E-state index in [0.29, 0.717) is 0 Å². The van der Waals surface area contributed by atoms with Gasteiger partial charge in [0.1, 0.15) is 0 Å². The molecule has 1 aromatic heterocycles. The standard InChI is InChI=1S/C12H12N4/c13-10-14-12-8-15-16(9-12)7-6-11-4-2-1-3-5-11/h1-5,8-9,14H,6-7H2. The SMILES string of the molecule is N#CNc1cnn(CCc2ccccc2)c1. The Labute approximate surface area is 94.1 Å². The molecule has 4 nitrogen and oxygen atoms in total. The Morgan fingerprint density at radius 3 is 2.88 bits per heavy atom. The molecule has 1 heterocycles. The lowest BCUT2D eigenvalue weighted by Crippen LogP contribution is -2.01. The Morgan fingerprint density at radius 1 is 1.31 bits per heavy atom. The van der Waals surface area contributed by atoms with E-state index < -0.39 is 0 Å². The van der Waals surface area contributed by atoms with Crippen LogP contribution >= 0.6 is 0 Å². The molecule has 80 valence electrons. The van der Waals surface area contributed by atoms with Gasteiger partial charge >= 0.3 is 0 Å². The fraction of sp³-hybridized carbons (Fsp3) is 0.167. The van der Waals surface area contributed by atoms with E-state index in [4.69, 9.17) is 5.26 Å². The third kappa shape index (κ3) is 2.61. The highest BCUT2D eigenvalue weighted by Crippen LogP contribution is 2.06. The molecular weight excluding hydrogens is 200 g/mol. The van der Waals surface area contributed by atoms with Gasteiger partial charge in [0.15, 0.2) is 6.19 Å². The number of anilines is 1. The van der Waals surface area contributed by atoms with Crippen molar-refractivity contribution < 1.29 is 0 Å². The van der Waals surface area contributed by atoms with E-state index in [9.17, 15) is 0 Å². The minimum atomic E-state index is 0.732. The Morgan fingerprint density at radius 2 is 2.12 bits per heavy atom. The number of nitriles is 1. The van der Waals surface area contributed by atoms with Crippen LogP contribution in [-0.4, -0.2) is 9.78 Å². The van der Waals surface area contributed by atoms with Gasteiger partial charge in [-0.3, -0.25) is 10.00 Å². The molecule has 0 bridgehead atoms. The summed E-state index contributed by atoms with van der Waals surface area (Å²) in [5.41, 5.74) is 2.02. The van der Waals surface area contributed by atoms with Crippen molar-refractivity contribution in [2.75, 3.05) is 5.32 Å². The molecule has 0 radical (unpaired) electrons. The van der Waals surface area contributed by atoms with Gasteiger partial charge in [0, 0.05) is 12.7 Å². The molecule has 0 aliphatic carbocycles. The number of aromatic nitrogens is 2. The van der Waals surface area contributed by atoms with E-state index in [-0.39, 0.29) is 0 Å². The van der Waals surface area contributed by atoms with Crippen molar-refractivity contribution in [2.24, 2.45) is 0 Å². The molecule has 16 heavy (non-hydrogen) atoms. The lowest BCUT2D eigenvalue weighted by atomic mass is 10.1. The molecule has 0 amide bonds. The third-order valence-corrected chi connectivity index (χ3v) is 2.31. The van der Waals surface area contributed by atoms with Crippen LogP contribution in [0.2, 0.25) is 0 Å². The quantitative estimate of drug-likeness (QED) is 0.623. The summed E-state index contributed by atoms with van der Waals surface area (Å²) in [5, 5.41) is 15.1. The first-order valence-electron chi connectivity index (χ1n) is 5.10. The van der Waals surface area contributed by atoms with Gasteiger partial charge in [-0.15, -0.1) is 0 Å². The Balaban J connectivity index is 1.93. The largest absolute Gasteiger partial charge is 0.290 e. The lowest BCUT2D eigenvalue weighted by Gasteiger charge is -2.01. The summed E-state index contributed by atoms with van der Waals surface area (Å²) in [6, 6.07) is 10.3. The van der Waals surface area contributed by atoms with Gasteiger partial charge in [0.2, 0.25) is 0 Å². The monoisotopic (exact) mass is 212 g/mol. The van der Waals surface area contributed by atoms with Gasteiger partial charge in [-0.1, -0.05) is 30.3 Å². The molecule has 0 saturated carbocycles. The topological polar surface area (TPSA) is 53.6 Å². The molecule has 0 unspecified atom stereocenters. The van der Waals surface area contributed by atoms with Crippen molar-refractivity contribution in [2.45, 2.75) is 13.0 Å². The smallest absolute Gasteiger partial charge is 0.181 e. The Bertz CT molecular complexity index is 481. The summed E-state index contributed by atoms with van der Waals surface area (Å²) in [6.07, 6.45) is 6.28. The van der Waals surface area contributed by atoms with Gasteiger partial charge in [0.25, 0.3) is 0 Å². The summed E-state index contributed by atoms with van der Waals surface area (Å²) in [6.45, 7) is 0.817. The van der Waals surface area contributed by atoms with Gasteiger partial charge in [0.05, 0.1) is 11.9 Å². The van der Waals surface area contributed by atoms with Crippen LogP contribution in [-0.2, 0) is 13.0 Å². The zero-order chi connectivity index (χ0) is 11.2. The predicted molar refractivity (Wildman–Crippen MR) is 61.6 cm³/mol. The van der Waals surface area contributed by atoms with Crippen LogP contribution in [0.3, 0.4) is 0 Å². The van der Waals surface area contributed by atoms with Crippen molar-refractivity contribution in [3.05, 3.63) is 48.3 Å². The normalized spacial score (nSPS) is 9.69. The number of hydrogen-bond donors (Lipinski definition) is 1. The molecule has 0 saturated heterocycles. The first kappa shape index (κ1) is 10.2. The fourth-order valence-corrected chi connectivity index (χ4v) is 1.50. The van der Waals surface area contributed by atoms with Crippen molar-refractivity contribution in [3.8, 4) is 6.19 Å². The third-order valence-electron chi connectivity index (χ3n) is 2.31. The number of nitrogens with zero attached hydrogens (tertiary/aromatic N) is 3. The number of aryl methyl sites for hydroxylation is 2. The number of nitrogens with one attached hydrogen (secondary N) is 1. The minimum Gasteiger partial charge on any atom is -0.290 e. The van der Waals surface area contributed by atoms with E-state index in [1.807, 2.05) is 35.3 Å². The number of rotatable bonds is 4. The molecule has 0 aliphatic heterocycles. The lowest BCUT2D eigenvalue weighted by molar-refractivity contribution is 0.615. The second-order valence-corrected chi connectivity index (χ2v) is 3.46. The number of benzene rings is 1. The summed E-state index contributed by atoms with van der Waals surface area (Å²) in [4.78, 5) is 0. The predicted octanol–water partition coefficient (Wildman–Crippen LogP) is 2.02. The maximum atomic E-state index is 8.44. The number of hydrogen-bond acceptors (Lipinski definition) is 3. The second kappa shape index (κ2) is 4.99. The van der Waals surface area contributed by atoms with Crippen molar-refractivity contribution in [3.63, 3.8) is 0 Å². The minimum absolute atomic E-state index is 0.732. The van der Waals surface area contributed by atoms with Crippen LogP contribution in [0.1, 0.15) is 5.56 Å². The van der Waals surface area contributed by atoms with Crippen molar-refractivity contribution >= 4 is 5.69 Å². The van der Waals surface area contributed by atoms with Gasteiger partial charge in [-0.25, -0.2) is 0 Å². The van der Waals surface area contributed by atoms with E-state index in [1.165, 1.54) is 5.56 Å². The van der Waals surface area contributed by atoms with Crippen molar-refractivity contribution in [1.29, 1.82) is 5.26 Å². The van der Waals surface area contributed by atoms with Crippen LogP contribution in [0, 0.1) is 11.5 Å². The maximum absolute atomic E-state index is 8.44. The summed E-state index contributed by atoms with van der Waals surface area (Å²) in [7, 11) is 0. The average molecular weight is 212 g/mol. The molecule has 0 fully saturated rings. The van der Waals surface area contributed by atoms with Crippen LogP contribution in [0.15, 0.2) is 42.7 Å². The Hall–Kier alpha value is -2.28. The van der Waals surface area contributed by atoms with E-state index in [0.717, 1.165) is 18.7 Å². The maximum Gasteiger partial charge on any atom is 0.181 e. The Kier molecular flexibility index (Phi) is 3.19. The first-order valence-corrected chi connectivity index (χ1v) is 5.10. The summed E-state index contributed by atoms with van der Waals surface area (Å²) < 4.78 is 1.83. The van der Waals surface area contributed by atoms with Crippen molar-refractivity contribution in [1.82, 2.24) is 9.78 Å². The van der Waals surface area contributed by atoms with E-state index in [1.54, 1.807) is 6.20 Å². The average Bonchev–Trinajstić information content (AvgIpc) is 2.76. The highest BCUT2D eigenvalue weighted by molar-refractivity contribution is 5.41. The van der Waals surface area contributed by atoms with Crippen LogP contribution in [0.4, 0.5) is 5.69 Å². The molecule has 1 N–H and O–H groups in total. The summed E-state index contributed by atoms with van der Waals surface area (Å²) >= 11 is 0. The van der Waals surface area contributed by atoms with Crippen LogP contribution in [0.5, 0.6) is 0 Å². The molecular formula is C12H12N4. The fourth-order valence-electron chi connectivity index (χ4n) is 1.50.